The Hall–Kier alpha value is -2.70. The van der Waals surface area contributed by atoms with Crippen LogP contribution in [0.25, 0.3) is 11.1 Å². The Bertz CT molecular complexity index is 803. The number of ether oxygens (including phenoxy) is 1. The van der Waals surface area contributed by atoms with Gasteiger partial charge in [0.1, 0.15) is 0 Å². The molecule has 0 atom stereocenters. The topological polar surface area (TPSA) is 84.7 Å². The number of carbonyl (C=O) groups excluding carboxylic acids is 2. The zero-order valence-electron chi connectivity index (χ0n) is 17.5. The van der Waals surface area contributed by atoms with Gasteiger partial charge in [0.05, 0.1) is 12.6 Å². The van der Waals surface area contributed by atoms with Gasteiger partial charge >= 0.3 is 0 Å². The van der Waals surface area contributed by atoms with E-state index in [0.717, 1.165) is 23.1 Å². The third-order valence-electron chi connectivity index (χ3n) is 4.49. The SMILES string of the molecule is CC(C)OCCCNC(=O)c1ccc(-c2cccc(CN(C)C(=O)CN)c2)cc1. The average Bonchev–Trinajstić information content (AvgIpc) is 2.72. The lowest BCUT2D eigenvalue weighted by atomic mass is 10.0. The molecular weight excluding hydrogens is 366 g/mol. The third kappa shape index (κ3) is 7.33. The first-order chi connectivity index (χ1) is 13.9. The van der Waals surface area contributed by atoms with Crippen molar-refractivity contribution in [2.24, 2.45) is 5.73 Å². The van der Waals surface area contributed by atoms with Crippen LogP contribution in [-0.2, 0) is 16.1 Å². The number of likely N-dealkylation sites (N-methyl/N-ethyl adjacent to an activating group) is 1. The van der Waals surface area contributed by atoms with Gasteiger partial charge in [-0.25, -0.2) is 0 Å². The van der Waals surface area contributed by atoms with Crippen LogP contribution in [-0.4, -0.2) is 49.6 Å². The molecule has 2 aromatic rings. The minimum atomic E-state index is -0.0958. The first kappa shape index (κ1) is 22.6. The van der Waals surface area contributed by atoms with Crippen LogP contribution in [0.5, 0.6) is 0 Å². The highest BCUT2D eigenvalue weighted by Crippen LogP contribution is 2.21. The van der Waals surface area contributed by atoms with Gasteiger partial charge in [-0.1, -0.05) is 30.3 Å². The van der Waals surface area contributed by atoms with Gasteiger partial charge in [0.25, 0.3) is 5.91 Å². The van der Waals surface area contributed by atoms with Gasteiger partial charge in [-0.2, -0.15) is 0 Å². The zero-order valence-corrected chi connectivity index (χ0v) is 17.5. The molecule has 0 unspecified atom stereocenters. The van der Waals surface area contributed by atoms with Crippen molar-refractivity contribution in [2.75, 3.05) is 26.7 Å². The fourth-order valence-corrected chi connectivity index (χ4v) is 2.88. The molecule has 0 bridgehead atoms. The summed E-state index contributed by atoms with van der Waals surface area (Å²) >= 11 is 0. The highest BCUT2D eigenvalue weighted by atomic mass is 16.5. The van der Waals surface area contributed by atoms with E-state index >= 15 is 0 Å². The number of amides is 2. The number of nitrogens with two attached hydrogens (primary N) is 1. The second kappa shape index (κ2) is 11.3. The highest BCUT2D eigenvalue weighted by molar-refractivity contribution is 5.94. The van der Waals surface area contributed by atoms with Gasteiger partial charge in [-0.05, 0) is 55.2 Å². The minimum absolute atomic E-state index is 0.00443. The van der Waals surface area contributed by atoms with Crippen molar-refractivity contribution in [1.82, 2.24) is 10.2 Å². The molecule has 2 rings (SSSR count). The van der Waals surface area contributed by atoms with Crippen molar-refractivity contribution < 1.29 is 14.3 Å². The van der Waals surface area contributed by atoms with Crippen LogP contribution >= 0.6 is 0 Å². The Morgan fingerprint density at radius 2 is 1.83 bits per heavy atom. The summed E-state index contributed by atoms with van der Waals surface area (Å²) in [5.74, 6) is -0.182. The van der Waals surface area contributed by atoms with Gasteiger partial charge in [-0.15, -0.1) is 0 Å². The van der Waals surface area contributed by atoms with Crippen molar-refractivity contribution in [3.8, 4) is 11.1 Å². The maximum Gasteiger partial charge on any atom is 0.251 e. The van der Waals surface area contributed by atoms with Crippen molar-refractivity contribution >= 4 is 11.8 Å². The number of rotatable bonds is 10. The van der Waals surface area contributed by atoms with Crippen molar-refractivity contribution in [3.63, 3.8) is 0 Å². The summed E-state index contributed by atoms with van der Waals surface area (Å²) < 4.78 is 5.47. The molecule has 0 radical (unpaired) electrons. The smallest absolute Gasteiger partial charge is 0.251 e. The molecule has 0 fully saturated rings. The lowest BCUT2D eigenvalue weighted by Crippen LogP contribution is -2.32. The monoisotopic (exact) mass is 397 g/mol. The Labute approximate surface area is 173 Å². The number of benzene rings is 2. The first-order valence-electron chi connectivity index (χ1n) is 9.94. The average molecular weight is 398 g/mol. The molecule has 0 saturated heterocycles. The summed E-state index contributed by atoms with van der Waals surface area (Å²) in [5.41, 5.74) is 9.12. The molecular formula is C23H31N3O3. The Balaban J connectivity index is 1.95. The molecule has 2 aromatic carbocycles. The van der Waals surface area contributed by atoms with E-state index < -0.39 is 0 Å². The predicted octanol–water partition coefficient (Wildman–Crippen LogP) is 2.82. The summed E-state index contributed by atoms with van der Waals surface area (Å²) in [7, 11) is 1.74. The largest absolute Gasteiger partial charge is 0.379 e. The third-order valence-corrected chi connectivity index (χ3v) is 4.49. The molecule has 2 amide bonds. The molecule has 6 nitrogen and oxygen atoms in total. The molecule has 0 spiro atoms. The van der Waals surface area contributed by atoms with Crippen LogP contribution in [0.4, 0.5) is 0 Å². The van der Waals surface area contributed by atoms with Gasteiger partial charge < -0.3 is 20.7 Å². The molecule has 29 heavy (non-hydrogen) atoms. The van der Waals surface area contributed by atoms with E-state index in [0.29, 0.717) is 25.3 Å². The molecule has 0 aliphatic carbocycles. The minimum Gasteiger partial charge on any atom is -0.379 e. The van der Waals surface area contributed by atoms with Crippen molar-refractivity contribution in [3.05, 3.63) is 59.7 Å². The summed E-state index contributed by atoms with van der Waals surface area (Å²) in [6, 6.07) is 15.5. The predicted molar refractivity (Wildman–Crippen MR) is 115 cm³/mol. The Morgan fingerprint density at radius 3 is 2.48 bits per heavy atom. The lowest BCUT2D eigenvalue weighted by molar-refractivity contribution is -0.128. The van der Waals surface area contributed by atoms with E-state index in [2.05, 4.69) is 5.32 Å². The Kier molecular flexibility index (Phi) is 8.83. The molecule has 156 valence electrons. The number of nitrogens with zero attached hydrogens (tertiary/aromatic N) is 1. The number of hydrogen-bond acceptors (Lipinski definition) is 4. The van der Waals surface area contributed by atoms with Crippen molar-refractivity contribution in [2.45, 2.75) is 32.9 Å². The molecule has 0 aliphatic rings. The second-order valence-electron chi connectivity index (χ2n) is 7.26. The fourth-order valence-electron chi connectivity index (χ4n) is 2.88. The van der Waals surface area contributed by atoms with Crippen LogP contribution in [0.3, 0.4) is 0 Å². The first-order valence-corrected chi connectivity index (χ1v) is 9.94. The summed E-state index contributed by atoms with van der Waals surface area (Å²) in [6.07, 6.45) is 0.994. The number of carbonyl (C=O) groups is 2. The zero-order chi connectivity index (χ0) is 21.2. The number of hydrogen-bond donors (Lipinski definition) is 2. The molecule has 3 N–H and O–H groups in total. The summed E-state index contributed by atoms with van der Waals surface area (Å²) in [4.78, 5) is 25.5. The van der Waals surface area contributed by atoms with Gasteiger partial charge in [0.15, 0.2) is 0 Å². The van der Waals surface area contributed by atoms with E-state index in [-0.39, 0.29) is 24.5 Å². The van der Waals surface area contributed by atoms with E-state index in [1.165, 1.54) is 0 Å². The molecule has 0 aliphatic heterocycles. The molecule has 0 aromatic heterocycles. The van der Waals surface area contributed by atoms with E-state index in [4.69, 9.17) is 10.5 Å². The standard InChI is InChI=1S/C23H31N3O3/c1-17(2)29-13-5-12-25-23(28)20-10-8-19(9-11-20)21-7-4-6-18(14-21)16-26(3)22(27)15-24/h4,6-11,14,17H,5,12-13,15-16,24H2,1-3H3,(H,25,28). The maximum atomic E-state index is 12.3. The molecule has 0 heterocycles. The Morgan fingerprint density at radius 1 is 1.10 bits per heavy atom. The second-order valence-corrected chi connectivity index (χ2v) is 7.26. The lowest BCUT2D eigenvalue weighted by Gasteiger charge is -2.16. The van der Waals surface area contributed by atoms with E-state index in [1.807, 2.05) is 62.4 Å². The normalized spacial score (nSPS) is 10.8. The molecule has 6 heteroatoms. The van der Waals surface area contributed by atoms with Gasteiger partial charge in [0.2, 0.25) is 5.91 Å². The van der Waals surface area contributed by atoms with E-state index in [1.54, 1.807) is 11.9 Å². The van der Waals surface area contributed by atoms with Crippen LogP contribution in [0.15, 0.2) is 48.5 Å². The fraction of sp³-hybridized carbons (Fsp3) is 0.391. The summed E-state index contributed by atoms with van der Waals surface area (Å²) in [6.45, 7) is 5.72. The maximum absolute atomic E-state index is 12.3. The van der Waals surface area contributed by atoms with Crippen LogP contribution < -0.4 is 11.1 Å². The van der Waals surface area contributed by atoms with Gasteiger partial charge in [0, 0.05) is 32.3 Å². The highest BCUT2D eigenvalue weighted by Gasteiger charge is 2.09. The summed E-state index contributed by atoms with van der Waals surface area (Å²) in [5, 5.41) is 2.91. The van der Waals surface area contributed by atoms with Crippen molar-refractivity contribution in [1.29, 1.82) is 0 Å². The van der Waals surface area contributed by atoms with Gasteiger partial charge in [-0.3, -0.25) is 9.59 Å². The number of nitrogens with one attached hydrogen (secondary N) is 1. The van der Waals surface area contributed by atoms with E-state index in [9.17, 15) is 9.59 Å². The molecule has 0 saturated carbocycles. The quantitative estimate of drug-likeness (QED) is 0.604. The van der Waals surface area contributed by atoms with Crippen LogP contribution in [0, 0.1) is 0 Å². The van der Waals surface area contributed by atoms with Crippen LogP contribution in [0.2, 0.25) is 0 Å². The van der Waals surface area contributed by atoms with Crippen LogP contribution in [0.1, 0.15) is 36.2 Å².